The molecule has 5 heteroatoms. The van der Waals surface area contributed by atoms with Gasteiger partial charge >= 0.3 is 5.97 Å². The molecule has 0 N–H and O–H groups in total. The predicted octanol–water partition coefficient (Wildman–Crippen LogP) is 14.8. The molecule has 0 amide bonds. The Morgan fingerprint density at radius 3 is 1.80 bits per heavy atom. The molecule has 1 aliphatic carbocycles. The van der Waals surface area contributed by atoms with Gasteiger partial charge in [-0.1, -0.05) is 160 Å². The van der Waals surface area contributed by atoms with Crippen LogP contribution in [-0.4, -0.2) is 10.5 Å². The van der Waals surface area contributed by atoms with E-state index in [-0.39, 0.29) is 5.41 Å². The van der Waals surface area contributed by atoms with E-state index in [1.807, 2.05) is 12.1 Å². The van der Waals surface area contributed by atoms with Crippen molar-refractivity contribution in [1.29, 1.82) is 0 Å². The van der Waals surface area contributed by atoms with Crippen LogP contribution < -0.4 is 9.64 Å². The summed E-state index contributed by atoms with van der Waals surface area (Å²) < 4.78 is 13.5. The summed E-state index contributed by atoms with van der Waals surface area (Å²) in [6, 6.07) is 69.1. The van der Waals surface area contributed by atoms with Crippen LogP contribution in [0.3, 0.4) is 0 Å². The van der Waals surface area contributed by atoms with Crippen molar-refractivity contribution >= 4 is 33.9 Å². The fraction of sp³-hybridized carbons (Fsp3) is 0.102. The maximum Gasteiger partial charge on any atom is 0.335 e. The first kappa shape index (κ1) is 40.3. The van der Waals surface area contributed by atoms with Crippen LogP contribution in [0.1, 0.15) is 36.1 Å². The summed E-state index contributed by atoms with van der Waals surface area (Å²) in [6.45, 7) is 9.05. The maximum absolute atomic E-state index is 11.5. The highest BCUT2D eigenvalue weighted by Gasteiger charge is 2.35. The zero-order chi connectivity index (χ0) is 43.8. The van der Waals surface area contributed by atoms with Crippen molar-refractivity contribution in [3.05, 3.63) is 229 Å². The third-order valence-electron chi connectivity index (χ3n) is 12.7. The fourth-order valence-electron chi connectivity index (χ4n) is 9.37. The van der Waals surface area contributed by atoms with Crippen LogP contribution >= 0.6 is 0 Å². The van der Waals surface area contributed by atoms with Gasteiger partial charge in [-0.05, 0) is 110 Å². The van der Waals surface area contributed by atoms with E-state index in [9.17, 15) is 4.79 Å². The summed E-state index contributed by atoms with van der Waals surface area (Å²) in [4.78, 5) is 13.9. The van der Waals surface area contributed by atoms with Crippen LogP contribution in [0.15, 0.2) is 207 Å². The number of fused-ring (bicyclic) bond motifs is 4. The van der Waals surface area contributed by atoms with E-state index in [2.05, 4.69) is 207 Å². The summed E-state index contributed by atoms with van der Waals surface area (Å²) in [5.41, 5.74) is 18.9. The fourth-order valence-corrected chi connectivity index (χ4v) is 9.37. The normalized spacial score (nSPS) is 12.4. The highest BCUT2D eigenvalue weighted by molar-refractivity contribution is 6.04. The second-order valence-corrected chi connectivity index (χ2v) is 17.0. The minimum Gasteiger partial charge on any atom is -0.423 e. The van der Waals surface area contributed by atoms with E-state index in [0.717, 1.165) is 45.4 Å². The number of aromatic nitrogens is 1. The number of benzene rings is 8. The van der Waals surface area contributed by atoms with E-state index < -0.39 is 5.97 Å². The van der Waals surface area contributed by atoms with Crippen molar-refractivity contribution in [3.63, 3.8) is 0 Å². The molecule has 8 aromatic carbocycles. The van der Waals surface area contributed by atoms with Crippen molar-refractivity contribution in [2.45, 2.75) is 32.5 Å². The van der Waals surface area contributed by atoms with Gasteiger partial charge in [0.25, 0.3) is 0 Å². The van der Waals surface area contributed by atoms with Crippen LogP contribution in [0.5, 0.6) is 5.75 Å². The number of ether oxygens (including phenoxy) is 2. The molecule has 312 valence electrons. The Bertz CT molecular complexity index is 3140. The van der Waals surface area contributed by atoms with Gasteiger partial charge in [-0.25, -0.2) is 4.79 Å². The third kappa shape index (κ3) is 7.50. The van der Waals surface area contributed by atoms with Gasteiger partial charge in [0.2, 0.25) is 0 Å². The van der Waals surface area contributed by atoms with Gasteiger partial charge in [-0.2, -0.15) is 0 Å². The average Bonchev–Trinajstić information content (AvgIpc) is 3.76. The Kier molecular flexibility index (Phi) is 10.6. The number of carbonyl (C=O) groups is 1. The summed E-state index contributed by atoms with van der Waals surface area (Å²) in [5, 5.41) is 1.24. The van der Waals surface area contributed by atoms with Crippen LogP contribution in [0.4, 0.5) is 17.1 Å². The van der Waals surface area contributed by atoms with Crippen LogP contribution in [0.2, 0.25) is 0 Å². The van der Waals surface area contributed by atoms with Crippen molar-refractivity contribution < 1.29 is 14.3 Å². The Hall–Kier alpha value is -7.73. The molecule has 64 heavy (non-hydrogen) atoms. The molecule has 0 spiro atoms. The van der Waals surface area contributed by atoms with Crippen LogP contribution in [0.25, 0.3) is 55.5 Å². The lowest BCUT2D eigenvalue weighted by atomic mass is 9.82. The van der Waals surface area contributed by atoms with E-state index in [1.54, 1.807) is 12.1 Å². The molecule has 5 nitrogen and oxygen atoms in total. The molecular weight excluding hydrogens is 785 g/mol. The van der Waals surface area contributed by atoms with E-state index in [1.165, 1.54) is 55.5 Å². The van der Waals surface area contributed by atoms with Crippen LogP contribution in [0, 0.1) is 0 Å². The summed E-state index contributed by atoms with van der Waals surface area (Å²) >= 11 is 0. The zero-order valence-corrected chi connectivity index (χ0v) is 36.3. The average molecular weight is 833 g/mol. The monoisotopic (exact) mass is 832 g/mol. The lowest BCUT2D eigenvalue weighted by Gasteiger charge is -2.28. The molecule has 1 heterocycles. The summed E-state index contributed by atoms with van der Waals surface area (Å²) in [7, 11) is 2.17. The van der Waals surface area contributed by atoms with Gasteiger partial charge in [-0.15, -0.1) is 0 Å². The minimum absolute atomic E-state index is 0.129. The topological polar surface area (TPSA) is 43.7 Å². The number of hydrogen-bond donors (Lipinski definition) is 0. The van der Waals surface area contributed by atoms with E-state index >= 15 is 0 Å². The van der Waals surface area contributed by atoms with Gasteiger partial charge in [0.15, 0.2) is 0 Å². The van der Waals surface area contributed by atoms with Crippen molar-refractivity contribution in [1.82, 2.24) is 4.57 Å². The highest BCUT2D eigenvalue weighted by atomic mass is 16.5. The number of aryl methyl sites for hydroxylation is 1. The first-order chi connectivity index (χ1) is 31.3. The maximum atomic E-state index is 11.5. The largest absolute Gasteiger partial charge is 0.423 e. The standard InChI is InChI=1S/C59H48N2O3/c1-5-56(62)64-49-34-21-41(22-35-49)39-63-38-40-19-23-42(24-20-40)43-25-29-46(30-26-43)61(48-33-36-51-50-15-9-11-17-53(50)59(2,3)54(51)37-48)47-31-27-44(28-32-47)57-52-16-10-12-18-55(52)60(4)58(57)45-13-7-6-8-14-45/h5-37H,1,38-39H2,2-4H3. The zero-order valence-electron chi connectivity index (χ0n) is 36.3. The van der Waals surface area contributed by atoms with Crippen molar-refractivity contribution in [2.75, 3.05) is 4.90 Å². The highest BCUT2D eigenvalue weighted by Crippen LogP contribution is 2.51. The van der Waals surface area contributed by atoms with Gasteiger partial charge in [0.1, 0.15) is 5.75 Å². The molecular formula is C59H48N2O3. The number of hydrogen-bond acceptors (Lipinski definition) is 4. The van der Waals surface area contributed by atoms with Gasteiger partial charge in [-0.3, -0.25) is 0 Å². The molecule has 0 radical (unpaired) electrons. The Morgan fingerprint density at radius 1 is 0.578 bits per heavy atom. The predicted molar refractivity (Wildman–Crippen MR) is 262 cm³/mol. The molecule has 0 saturated heterocycles. The first-order valence-electron chi connectivity index (χ1n) is 21.7. The Morgan fingerprint density at radius 2 is 1.12 bits per heavy atom. The van der Waals surface area contributed by atoms with E-state index in [0.29, 0.717) is 19.0 Å². The molecule has 0 bridgehead atoms. The number of rotatable bonds is 12. The molecule has 10 rings (SSSR count). The number of para-hydroxylation sites is 1. The van der Waals surface area contributed by atoms with Gasteiger partial charge < -0.3 is 18.9 Å². The van der Waals surface area contributed by atoms with Crippen LogP contribution in [-0.2, 0) is 35.2 Å². The number of carbonyl (C=O) groups excluding carboxylic acids is 1. The molecule has 1 aliphatic rings. The number of nitrogens with zero attached hydrogens (tertiary/aromatic N) is 2. The van der Waals surface area contributed by atoms with E-state index in [4.69, 9.17) is 9.47 Å². The molecule has 0 unspecified atom stereocenters. The molecule has 9 aromatic rings. The third-order valence-corrected chi connectivity index (χ3v) is 12.7. The van der Waals surface area contributed by atoms with Crippen molar-refractivity contribution in [2.24, 2.45) is 7.05 Å². The number of anilines is 3. The van der Waals surface area contributed by atoms with Gasteiger partial charge in [0.05, 0.1) is 18.9 Å². The second-order valence-electron chi connectivity index (χ2n) is 17.0. The minimum atomic E-state index is -0.478. The Labute approximate surface area is 375 Å². The SMILES string of the molecule is C=CC(=O)Oc1ccc(COCc2ccc(-c3ccc(N(c4ccc(-c5c(-c6ccccc6)n(C)c6ccccc56)cc4)c4ccc5c(c4)C(C)(C)c4ccccc4-5)cc3)cc2)cc1. The molecule has 0 saturated carbocycles. The molecule has 0 atom stereocenters. The smallest absolute Gasteiger partial charge is 0.335 e. The van der Waals surface area contributed by atoms with Gasteiger partial charge in [0, 0.05) is 52.1 Å². The first-order valence-corrected chi connectivity index (χ1v) is 21.7. The molecule has 0 fully saturated rings. The summed E-state index contributed by atoms with van der Waals surface area (Å²) in [6.07, 6.45) is 1.15. The number of esters is 1. The van der Waals surface area contributed by atoms with Crippen molar-refractivity contribution in [3.8, 4) is 50.4 Å². The molecule has 1 aromatic heterocycles. The second kappa shape index (κ2) is 16.9. The lowest BCUT2D eigenvalue weighted by molar-refractivity contribution is -0.128. The lowest BCUT2D eigenvalue weighted by Crippen LogP contribution is -2.16. The quantitative estimate of drug-likeness (QED) is 0.0699. The Balaban J connectivity index is 0.951. The summed E-state index contributed by atoms with van der Waals surface area (Å²) in [5.74, 6) is 0.00116. The molecule has 0 aliphatic heterocycles.